The lowest BCUT2D eigenvalue weighted by molar-refractivity contribution is -0.129. The Morgan fingerprint density at radius 1 is 0.806 bits per heavy atom. The smallest absolute Gasteiger partial charge is 0.332 e. The van der Waals surface area contributed by atoms with Crippen molar-refractivity contribution >= 4 is 17.1 Å². The highest BCUT2D eigenvalue weighted by molar-refractivity contribution is 5.73. The Hall–Kier alpha value is -2.38. The molecule has 2 heterocycles. The van der Waals surface area contributed by atoms with E-state index in [1.165, 1.54) is 73.3 Å². The number of aromatic nitrogens is 4. The highest BCUT2D eigenvalue weighted by Crippen LogP contribution is 2.12. The maximum absolute atomic E-state index is 12.7. The Morgan fingerprint density at radius 2 is 1.31 bits per heavy atom. The fourth-order valence-corrected chi connectivity index (χ4v) is 4.91. The van der Waals surface area contributed by atoms with Crippen molar-refractivity contribution in [1.82, 2.24) is 23.6 Å². The first-order chi connectivity index (χ1) is 17.4. The largest absolute Gasteiger partial charge is 0.343 e. The first-order valence-corrected chi connectivity index (χ1v) is 14.2. The third kappa shape index (κ3) is 9.25. The summed E-state index contributed by atoms with van der Waals surface area (Å²) < 4.78 is 4.49. The molecule has 0 spiro atoms. The zero-order chi connectivity index (χ0) is 26.3. The van der Waals surface area contributed by atoms with Crippen molar-refractivity contribution in [3.63, 3.8) is 0 Å². The second kappa shape index (κ2) is 16.4. The van der Waals surface area contributed by atoms with Gasteiger partial charge in [0.15, 0.2) is 11.2 Å². The van der Waals surface area contributed by atoms with Gasteiger partial charge in [-0.05, 0) is 19.3 Å². The van der Waals surface area contributed by atoms with Crippen LogP contribution in [-0.4, -0.2) is 42.6 Å². The summed E-state index contributed by atoms with van der Waals surface area (Å²) in [6.07, 6.45) is 19.3. The van der Waals surface area contributed by atoms with Crippen molar-refractivity contribution in [2.75, 3.05) is 13.1 Å². The highest BCUT2D eigenvalue weighted by atomic mass is 16.2. The summed E-state index contributed by atoms with van der Waals surface area (Å²) in [4.78, 5) is 43.4. The molecule has 2 aromatic heterocycles. The number of hydrogen-bond acceptors (Lipinski definition) is 4. The van der Waals surface area contributed by atoms with Crippen LogP contribution in [0.2, 0.25) is 0 Å². The van der Waals surface area contributed by atoms with Crippen molar-refractivity contribution < 1.29 is 4.79 Å². The van der Waals surface area contributed by atoms with Gasteiger partial charge in [-0.3, -0.25) is 18.7 Å². The summed E-state index contributed by atoms with van der Waals surface area (Å²) >= 11 is 0. The summed E-state index contributed by atoms with van der Waals surface area (Å²) in [6.45, 7) is 6.20. The predicted octanol–water partition coefficient (Wildman–Crippen LogP) is 5.15. The summed E-state index contributed by atoms with van der Waals surface area (Å²) in [5, 5.41) is 0. The second-order valence-electron chi connectivity index (χ2n) is 10.3. The van der Waals surface area contributed by atoms with Crippen LogP contribution in [0.15, 0.2) is 15.9 Å². The van der Waals surface area contributed by atoms with Gasteiger partial charge in [0, 0.05) is 40.7 Å². The molecule has 8 heteroatoms. The third-order valence-corrected chi connectivity index (χ3v) is 7.24. The van der Waals surface area contributed by atoms with E-state index in [0.717, 1.165) is 45.2 Å². The van der Waals surface area contributed by atoms with Crippen LogP contribution in [0.5, 0.6) is 0 Å². The number of carbonyl (C=O) groups is 1. The maximum atomic E-state index is 12.7. The van der Waals surface area contributed by atoms with E-state index in [-0.39, 0.29) is 17.2 Å². The second-order valence-corrected chi connectivity index (χ2v) is 10.3. The van der Waals surface area contributed by atoms with Crippen LogP contribution in [0.25, 0.3) is 11.2 Å². The molecule has 1 amide bonds. The van der Waals surface area contributed by atoms with E-state index in [1.54, 1.807) is 31.9 Å². The number of nitrogens with zero attached hydrogens (tertiary/aromatic N) is 5. The molecule has 36 heavy (non-hydrogen) atoms. The Kier molecular flexibility index (Phi) is 13.6. The lowest BCUT2D eigenvalue weighted by Crippen LogP contribution is -2.39. The van der Waals surface area contributed by atoms with Crippen LogP contribution in [0.1, 0.15) is 110 Å². The minimum Gasteiger partial charge on any atom is -0.343 e. The number of aryl methyl sites for hydroxylation is 2. The Labute approximate surface area is 216 Å². The molecule has 0 bridgehead atoms. The number of imidazole rings is 1. The van der Waals surface area contributed by atoms with Crippen LogP contribution >= 0.6 is 0 Å². The molecule has 0 aliphatic rings. The van der Waals surface area contributed by atoms with Gasteiger partial charge in [-0.25, -0.2) is 9.78 Å². The van der Waals surface area contributed by atoms with Gasteiger partial charge in [0.05, 0.1) is 6.33 Å². The number of rotatable bonds is 19. The maximum Gasteiger partial charge on any atom is 0.332 e. The van der Waals surface area contributed by atoms with Gasteiger partial charge >= 0.3 is 5.69 Å². The molecule has 0 unspecified atom stereocenters. The molecule has 0 saturated heterocycles. The van der Waals surface area contributed by atoms with E-state index in [9.17, 15) is 14.4 Å². The first-order valence-electron chi connectivity index (χ1n) is 14.2. The van der Waals surface area contributed by atoms with E-state index < -0.39 is 0 Å². The van der Waals surface area contributed by atoms with Gasteiger partial charge in [-0.1, -0.05) is 84.0 Å². The number of hydrogen-bond donors (Lipinski definition) is 0. The van der Waals surface area contributed by atoms with Crippen molar-refractivity contribution in [1.29, 1.82) is 0 Å². The van der Waals surface area contributed by atoms with E-state index in [4.69, 9.17) is 0 Å². The molecule has 204 valence electrons. The lowest BCUT2D eigenvalue weighted by Gasteiger charge is -2.21. The minimum absolute atomic E-state index is 0.212. The lowest BCUT2D eigenvalue weighted by atomic mass is 10.1. The summed E-state index contributed by atoms with van der Waals surface area (Å²) in [5.41, 5.74) is 0.381. The third-order valence-electron chi connectivity index (χ3n) is 7.24. The quantitative estimate of drug-likeness (QED) is 0.248. The minimum atomic E-state index is -0.290. The van der Waals surface area contributed by atoms with Crippen LogP contribution in [0.4, 0.5) is 0 Å². The number of unbranched alkanes of at least 4 members (excludes halogenated alkanes) is 13. The number of fused-ring (bicyclic) bond motifs is 1. The molecule has 0 fully saturated rings. The molecule has 0 aromatic carbocycles. The molecule has 2 aromatic rings. The number of carbonyl (C=O) groups excluding carboxylic acids is 1. The number of amides is 1. The molecule has 0 radical (unpaired) electrons. The fourth-order valence-electron chi connectivity index (χ4n) is 4.91. The topological polar surface area (TPSA) is 82.1 Å². The van der Waals surface area contributed by atoms with Crippen molar-refractivity contribution in [3.05, 3.63) is 27.2 Å². The molecule has 0 saturated carbocycles. The average Bonchev–Trinajstić information content (AvgIpc) is 3.25. The summed E-state index contributed by atoms with van der Waals surface area (Å²) in [6, 6.07) is 0. The van der Waals surface area contributed by atoms with Crippen LogP contribution in [0, 0.1) is 0 Å². The normalized spacial score (nSPS) is 11.4. The van der Waals surface area contributed by atoms with E-state index >= 15 is 0 Å². The Bertz CT molecular complexity index is 1040. The standard InChI is InChI=1S/C28H49N5O3/c1-5-6-7-8-14-17-20-32(24(2)34)21-18-15-12-10-9-11-13-16-19-22-33-27(35)25-26(29-23-30(25)3)31(4)28(33)36/h23H,5-22H2,1-4H3. The van der Waals surface area contributed by atoms with Gasteiger partial charge < -0.3 is 9.47 Å². The van der Waals surface area contributed by atoms with Crippen LogP contribution in [-0.2, 0) is 25.4 Å². The zero-order valence-corrected chi connectivity index (χ0v) is 23.3. The molecular formula is C28H49N5O3. The molecular weight excluding hydrogens is 454 g/mol. The molecule has 0 atom stereocenters. The van der Waals surface area contributed by atoms with Crippen molar-refractivity contribution in [3.8, 4) is 0 Å². The van der Waals surface area contributed by atoms with E-state index in [2.05, 4.69) is 11.9 Å². The summed E-state index contributed by atoms with van der Waals surface area (Å²) in [5.74, 6) is 0.212. The molecule has 2 rings (SSSR count). The SMILES string of the molecule is CCCCCCCCN(CCCCCCCCCCCn1c(=O)c2c(ncn2C)n(C)c1=O)C(C)=O. The van der Waals surface area contributed by atoms with Crippen molar-refractivity contribution in [2.24, 2.45) is 14.1 Å². The molecule has 8 nitrogen and oxygen atoms in total. The van der Waals surface area contributed by atoms with Gasteiger partial charge in [0.1, 0.15) is 0 Å². The van der Waals surface area contributed by atoms with E-state index in [0.29, 0.717) is 17.7 Å². The molecule has 0 aliphatic carbocycles. The van der Waals surface area contributed by atoms with Gasteiger partial charge in [-0.15, -0.1) is 0 Å². The van der Waals surface area contributed by atoms with Crippen molar-refractivity contribution in [2.45, 2.75) is 117 Å². The van der Waals surface area contributed by atoms with Gasteiger partial charge in [0.25, 0.3) is 5.56 Å². The zero-order valence-electron chi connectivity index (χ0n) is 23.3. The Morgan fingerprint density at radius 3 is 1.83 bits per heavy atom. The fraction of sp³-hybridized carbons (Fsp3) is 0.786. The molecule has 0 N–H and O–H groups in total. The average molecular weight is 504 g/mol. The van der Waals surface area contributed by atoms with Gasteiger partial charge in [-0.2, -0.15) is 0 Å². The predicted molar refractivity (Wildman–Crippen MR) is 147 cm³/mol. The Balaban J connectivity index is 1.53. The molecule has 0 aliphatic heterocycles. The van der Waals surface area contributed by atoms with Crippen LogP contribution < -0.4 is 11.2 Å². The monoisotopic (exact) mass is 503 g/mol. The first kappa shape index (κ1) is 29.8. The van der Waals surface area contributed by atoms with Crippen LogP contribution in [0.3, 0.4) is 0 Å². The highest BCUT2D eigenvalue weighted by Gasteiger charge is 2.14. The summed E-state index contributed by atoms with van der Waals surface area (Å²) in [7, 11) is 3.45. The van der Waals surface area contributed by atoms with Gasteiger partial charge in [0.2, 0.25) is 5.91 Å². The van der Waals surface area contributed by atoms with E-state index in [1.807, 2.05) is 4.90 Å².